The molecule has 2 N–H and O–H groups in total. The van der Waals surface area contributed by atoms with E-state index in [9.17, 15) is 4.79 Å². The molecule has 0 fully saturated rings. The molecule has 0 radical (unpaired) electrons. The second kappa shape index (κ2) is 12.0. The zero-order valence-corrected chi connectivity index (χ0v) is 22.8. The summed E-state index contributed by atoms with van der Waals surface area (Å²) in [6.07, 6.45) is 5.32. The molecular formula is C28H26FN5O2S2. The molecule has 0 saturated carbocycles. The van der Waals surface area contributed by atoms with Gasteiger partial charge in [0, 0.05) is 48.4 Å². The Morgan fingerprint density at radius 1 is 1.13 bits per heavy atom. The molecule has 0 atom stereocenters. The third-order valence-corrected chi connectivity index (χ3v) is 6.95. The maximum absolute atomic E-state index is 15.0. The minimum Gasteiger partial charge on any atom is -0.453 e. The summed E-state index contributed by atoms with van der Waals surface area (Å²) >= 11 is 6.59. The van der Waals surface area contributed by atoms with Gasteiger partial charge < -0.3 is 19.9 Å². The molecule has 38 heavy (non-hydrogen) atoms. The van der Waals surface area contributed by atoms with Gasteiger partial charge in [-0.1, -0.05) is 42.6 Å². The maximum Gasteiger partial charge on any atom is 0.230 e. The van der Waals surface area contributed by atoms with Gasteiger partial charge in [0.1, 0.15) is 11.6 Å². The number of anilines is 1. The van der Waals surface area contributed by atoms with Crippen molar-refractivity contribution < 1.29 is 13.9 Å². The second-order valence-electron chi connectivity index (χ2n) is 8.46. The number of carbonyl (C=O) groups excluding carboxylic acids is 1. The number of imidazole rings is 1. The number of hydrogen-bond acceptors (Lipinski definition) is 6. The molecule has 194 valence electrons. The molecule has 4 aromatic rings. The number of amides is 1. The van der Waals surface area contributed by atoms with Crippen molar-refractivity contribution in [1.82, 2.24) is 19.9 Å². The van der Waals surface area contributed by atoms with Crippen LogP contribution in [0, 0.1) is 19.7 Å². The fourth-order valence-corrected chi connectivity index (χ4v) is 4.81. The number of aryl methyl sites for hydroxylation is 3. The van der Waals surface area contributed by atoms with Crippen LogP contribution in [0.3, 0.4) is 0 Å². The van der Waals surface area contributed by atoms with Crippen molar-refractivity contribution in [2.75, 3.05) is 5.32 Å². The van der Waals surface area contributed by atoms with Gasteiger partial charge in [0.25, 0.3) is 0 Å². The first kappa shape index (κ1) is 27.0. The van der Waals surface area contributed by atoms with Crippen molar-refractivity contribution in [3.63, 3.8) is 0 Å². The summed E-state index contributed by atoms with van der Waals surface area (Å²) in [7, 11) is 1.88. The van der Waals surface area contributed by atoms with E-state index in [1.54, 1.807) is 24.5 Å². The van der Waals surface area contributed by atoms with Gasteiger partial charge in [-0.3, -0.25) is 9.78 Å². The number of pyridine rings is 1. The molecule has 4 rings (SSSR count). The molecule has 7 nitrogen and oxygen atoms in total. The van der Waals surface area contributed by atoms with E-state index in [0.717, 1.165) is 11.1 Å². The van der Waals surface area contributed by atoms with Gasteiger partial charge >= 0.3 is 0 Å². The van der Waals surface area contributed by atoms with Crippen LogP contribution < -0.4 is 15.4 Å². The van der Waals surface area contributed by atoms with Crippen LogP contribution in [0.15, 0.2) is 78.6 Å². The third kappa shape index (κ3) is 6.64. The third-order valence-electron chi connectivity index (χ3n) is 5.62. The summed E-state index contributed by atoms with van der Waals surface area (Å²) in [5.74, 6) is 0.323. The Hall–Kier alpha value is -4.02. The Morgan fingerprint density at radius 2 is 1.92 bits per heavy atom. The molecule has 1 amide bonds. The largest absolute Gasteiger partial charge is 0.453 e. The molecule has 0 unspecified atom stereocenters. The zero-order valence-electron chi connectivity index (χ0n) is 21.1. The van der Waals surface area contributed by atoms with Gasteiger partial charge in [-0.05, 0) is 49.3 Å². The second-order valence-corrected chi connectivity index (χ2v) is 9.98. The molecule has 0 aliphatic rings. The lowest BCUT2D eigenvalue weighted by atomic mass is 10.1. The van der Waals surface area contributed by atoms with Gasteiger partial charge in [0.15, 0.2) is 16.7 Å². The fourth-order valence-electron chi connectivity index (χ4n) is 3.63. The molecule has 2 heterocycles. The molecule has 0 aliphatic heterocycles. The van der Waals surface area contributed by atoms with Crippen LogP contribution in [-0.4, -0.2) is 25.6 Å². The minimum atomic E-state index is -0.600. The smallest absolute Gasteiger partial charge is 0.230 e. The highest BCUT2D eigenvalue weighted by atomic mass is 32.2. The first-order chi connectivity index (χ1) is 18.2. The molecular weight excluding hydrogens is 521 g/mol. The monoisotopic (exact) mass is 547 g/mol. The Kier molecular flexibility index (Phi) is 8.55. The van der Waals surface area contributed by atoms with Crippen molar-refractivity contribution in [2.24, 2.45) is 7.05 Å². The Bertz CT molecular complexity index is 1520. The van der Waals surface area contributed by atoms with Crippen LogP contribution in [0.1, 0.15) is 22.6 Å². The van der Waals surface area contributed by atoms with E-state index in [1.807, 2.05) is 55.9 Å². The van der Waals surface area contributed by atoms with Crippen molar-refractivity contribution in [3.8, 4) is 11.5 Å². The predicted molar refractivity (Wildman–Crippen MR) is 153 cm³/mol. The Morgan fingerprint density at radius 3 is 2.63 bits per heavy atom. The lowest BCUT2D eigenvalue weighted by Crippen LogP contribution is -2.35. The van der Waals surface area contributed by atoms with E-state index in [1.165, 1.54) is 23.9 Å². The lowest BCUT2D eigenvalue weighted by molar-refractivity contribution is -0.119. The summed E-state index contributed by atoms with van der Waals surface area (Å²) in [5, 5.41) is 5.55. The SMILES string of the molecule is C=C(Sc1c(Oc2ccc(NC(=S)NC(=O)Cc3ccccc3C)cc2F)ccnc1C)c1nccn1C. The zero-order chi connectivity index (χ0) is 27.2. The summed E-state index contributed by atoms with van der Waals surface area (Å²) in [6.45, 7) is 7.91. The fraction of sp³-hybridized carbons (Fsp3) is 0.143. The average molecular weight is 548 g/mol. The molecule has 2 aromatic heterocycles. The van der Waals surface area contributed by atoms with Gasteiger partial charge in [-0.15, -0.1) is 0 Å². The standard InChI is InChI=1S/C28H26FN5O2S2/c1-17-7-5-6-8-20(17)15-25(35)33-28(37)32-21-9-10-23(22(29)16-21)36-24-11-12-30-18(2)26(24)38-19(3)27-31-13-14-34(27)4/h5-14,16H,3,15H2,1-2,4H3,(H2,32,33,35,37). The van der Waals surface area contributed by atoms with E-state index in [-0.39, 0.29) is 23.2 Å². The van der Waals surface area contributed by atoms with Crippen LogP contribution in [-0.2, 0) is 18.3 Å². The average Bonchev–Trinajstić information content (AvgIpc) is 3.30. The van der Waals surface area contributed by atoms with Crippen molar-refractivity contribution in [3.05, 3.63) is 102 Å². The van der Waals surface area contributed by atoms with Crippen LogP contribution in [0.2, 0.25) is 0 Å². The number of benzene rings is 2. The van der Waals surface area contributed by atoms with Gasteiger partial charge in [0.2, 0.25) is 5.91 Å². The Balaban J connectivity index is 1.42. The number of aromatic nitrogens is 3. The number of thioether (sulfide) groups is 1. The number of hydrogen-bond donors (Lipinski definition) is 2. The number of thiocarbonyl (C=S) groups is 1. The van der Waals surface area contributed by atoms with Crippen LogP contribution in [0.4, 0.5) is 10.1 Å². The summed E-state index contributed by atoms with van der Waals surface area (Å²) < 4.78 is 22.8. The highest BCUT2D eigenvalue weighted by molar-refractivity contribution is 8.08. The van der Waals surface area contributed by atoms with Crippen LogP contribution in [0.25, 0.3) is 4.91 Å². The molecule has 2 aromatic carbocycles. The van der Waals surface area contributed by atoms with E-state index >= 15 is 4.39 Å². The van der Waals surface area contributed by atoms with Crippen molar-refractivity contribution >= 4 is 45.6 Å². The van der Waals surface area contributed by atoms with E-state index < -0.39 is 5.82 Å². The number of nitrogens with zero attached hydrogens (tertiary/aromatic N) is 3. The quantitative estimate of drug-likeness (QED) is 0.201. The van der Waals surface area contributed by atoms with E-state index in [0.29, 0.717) is 32.8 Å². The van der Waals surface area contributed by atoms with E-state index in [2.05, 4.69) is 27.2 Å². The van der Waals surface area contributed by atoms with Gasteiger partial charge in [0.05, 0.1) is 17.0 Å². The summed E-state index contributed by atoms with van der Waals surface area (Å²) in [6, 6.07) is 13.7. The number of ether oxygens (including phenoxy) is 1. The van der Waals surface area contributed by atoms with E-state index in [4.69, 9.17) is 17.0 Å². The molecule has 0 aliphatic carbocycles. The Labute approximate surface area is 230 Å². The molecule has 10 heteroatoms. The number of halogens is 1. The first-order valence-corrected chi connectivity index (χ1v) is 12.9. The summed E-state index contributed by atoms with van der Waals surface area (Å²) in [5.41, 5.74) is 3.02. The van der Waals surface area contributed by atoms with Crippen LogP contribution >= 0.6 is 24.0 Å². The normalized spacial score (nSPS) is 10.6. The number of carbonyl (C=O) groups is 1. The summed E-state index contributed by atoms with van der Waals surface area (Å²) in [4.78, 5) is 22.4. The molecule has 0 saturated heterocycles. The van der Waals surface area contributed by atoms with Crippen molar-refractivity contribution in [2.45, 2.75) is 25.2 Å². The molecule has 0 bridgehead atoms. The lowest BCUT2D eigenvalue weighted by Gasteiger charge is -2.15. The topological polar surface area (TPSA) is 81.1 Å². The first-order valence-electron chi connectivity index (χ1n) is 11.6. The number of nitrogens with one attached hydrogen (secondary N) is 2. The van der Waals surface area contributed by atoms with Gasteiger partial charge in [-0.2, -0.15) is 0 Å². The molecule has 0 spiro atoms. The number of rotatable bonds is 8. The van der Waals surface area contributed by atoms with Crippen molar-refractivity contribution in [1.29, 1.82) is 0 Å². The highest BCUT2D eigenvalue weighted by Gasteiger charge is 2.16. The van der Waals surface area contributed by atoms with Crippen LogP contribution in [0.5, 0.6) is 11.5 Å². The maximum atomic E-state index is 15.0. The highest BCUT2D eigenvalue weighted by Crippen LogP contribution is 2.41. The minimum absolute atomic E-state index is 0.0279. The predicted octanol–water partition coefficient (Wildman–Crippen LogP) is 6.18. The van der Waals surface area contributed by atoms with Gasteiger partial charge in [-0.25, -0.2) is 9.37 Å².